The topological polar surface area (TPSA) is 38.9 Å². The molecule has 2 nitrogen and oxygen atoms in total. The minimum atomic E-state index is 0.420. The van der Waals surface area contributed by atoms with Crippen molar-refractivity contribution in [2.75, 3.05) is 5.73 Å². The molecule has 0 aliphatic carbocycles. The molecule has 0 amide bonds. The molecule has 0 atom stereocenters. The monoisotopic (exact) mass is 218 g/mol. The quantitative estimate of drug-likeness (QED) is 0.746. The van der Waals surface area contributed by atoms with E-state index in [9.17, 15) is 0 Å². The van der Waals surface area contributed by atoms with Crippen molar-refractivity contribution in [3.8, 4) is 11.1 Å². The zero-order chi connectivity index (χ0) is 10.8. The molecule has 0 fully saturated rings. The fourth-order valence-electron chi connectivity index (χ4n) is 1.50. The van der Waals surface area contributed by atoms with E-state index < -0.39 is 0 Å². The first-order valence-electron chi connectivity index (χ1n) is 4.65. The van der Waals surface area contributed by atoms with E-state index in [-0.39, 0.29) is 0 Å². The van der Waals surface area contributed by atoms with E-state index in [0.717, 1.165) is 11.1 Å². The van der Waals surface area contributed by atoms with Crippen molar-refractivity contribution in [1.82, 2.24) is 4.98 Å². The number of rotatable bonds is 1. The van der Waals surface area contributed by atoms with Crippen molar-refractivity contribution < 1.29 is 0 Å². The second kappa shape index (κ2) is 3.91. The molecule has 0 aliphatic heterocycles. The number of aromatic nitrogens is 1. The van der Waals surface area contributed by atoms with Gasteiger partial charge in [-0.25, -0.2) is 4.98 Å². The zero-order valence-corrected chi connectivity index (χ0v) is 9.12. The number of hydrogen-bond acceptors (Lipinski definition) is 2. The van der Waals surface area contributed by atoms with Crippen molar-refractivity contribution in [2.24, 2.45) is 0 Å². The molecule has 0 saturated carbocycles. The normalized spacial score (nSPS) is 10.3. The van der Waals surface area contributed by atoms with Gasteiger partial charge in [-0.05, 0) is 18.6 Å². The van der Waals surface area contributed by atoms with Gasteiger partial charge < -0.3 is 5.73 Å². The Morgan fingerprint density at radius 2 is 2.07 bits per heavy atom. The molecule has 76 valence electrons. The standard InChI is InChI=1S/C12H11ClN2/c1-8-3-2-4-9(5-8)10-7-15-12(13)6-11(10)14/h2-7H,1H3,(H2,14,15). The van der Waals surface area contributed by atoms with Crippen LogP contribution in [0.25, 0.3) is 11.1 Å². The van der Waals surface area contributed by atoms with Crippen LogP contribution in [0.3, 0.4) is 0 Å². The van der Waals surface area contributed by atoms with Crippen molar-refractivity contribution in [2.45, 2.75) is 6.92 Å². The molecule has 0 saturated heterocycles. The molecule has 0 bridgehead atoms. The lowest BCUT2D eigenvalue weighted by Crippen LogP contribution is -1.91. The van der Waals surface area contributed by atoms with Gasteiger partial charge >= 0.3 is 0 Å². The third-order valence-electron chi connectivity index (χ3n) is 2.23. The van der Waals surface area contributed by atoms with Crippen LogP contribution < -0.4 is 5.73 Å². The van der Waals surface area contributed by atoms with Gasteiger partial charge in [-0.3, -0.25) is 0 Å². The minimum absolute atomic E-state index is 0.420. The number of hydrogen-bond donors (Lipinski definition) is 1. The van der Waals surface area contributed by atoms with Gasteiger partial charge in [0.25, 0.3) is 0 Å². The van der Waals surface area contributed by atoms with Crippen LogP contribution in [-0.4, -0.2) is 4.98 Å². The van der Waals surface area contributed by atoms with Gasteiger partial charge in [0, 0.05) is 17.4 Å². The second-order valence-electron chi connectivity index (χ2n) is 3.46. The molecule has 0 unspecified atom stereocenters. The molecule has 0 aliphatic rings. The summed E-state index contributed by atoms with van der Waals surface area (Å²) in [5, 5.41) is 0.420. The van der Waals surface area contributed by atoms with Crippen LogP contribution in [0.5, 0.6) is 0 Å². The number of halogens is 1. The van der Waals surface area contributed by atoms with Crippen molar-refractivity contribution in [3.63, 3.8) is 0 Å². The summed E-state index contributed by atoms with van der Waals surface area (Å²) in [5.74, 6) is 0. The molecule has 2 N–H and O–H groups in total. The summed E-state index contributed by atoms with van der Waals surface area (Å²) in [7, 11) is 0. The molecule has 0 spiro atoms. The molecule has 1 aromatic heterocycles. The summed E-state index contributed by atoms with van der Waals surface area (Å²) in [6, 6.07) is 9.79. The third kappa shape index (κ3) is 2.10. The second-order valence-corrected chi connectivity index (χ2v) is 3.85. The van der Waals surface area contributed by atoms with Gasteiger partial charge in [-0.15, -0.1) is 0 Å². The summed E-state index contributed by atoms with van der Waals surface area (Å²) in [5.41, 5.74) is 9.71. The van der Waals surface area contributed by atoms with Gasteiger partial charge in [0.2, 0.25) is 0 Å². The molecule has 2 aromatic rings. The van der Waals surface area contributed by atoms with Gasteiger partial charge in [0.15, 0.2) is 0 Å². The first kappa shape index (κ1) is 9.99. The Labute approximate surface area is 93.7 Å². The van der Waals surface area contributed by atoms with Crippen LogP contribution in [0.15, 0.2) is 36.5 Å². The van der Waals surface area contributed by atoms with E-state index in [2.05, 4.69) is 11.1 Å². The maximum absolute atomic E-state index is 5.88. The van der Waals surface area contributed by atoms with Gasteiger partial charge in [-0.1, -0.05) is 41.4 Å². The molecule has 2 rings (SSSR count). The summed E-state index contributed by atoms with van der Waals surface area (Å²) < 4.78 is 0. The van der Waals surface area contributed by atoms with Crippen molar-refractivity contribution >= 4 is 17.3 Å². The lowest BCUT2D eigenvalue weighted by molar-refractivity contribution is 1.33. The Kier molecular flexibility index (Phi) is 2.60. The smallest absolute Gasteiger partial charge is 0.131 e. The first-order chi connectivity index (χ1) is 7.16. The summed E-state index contributed by atoms with van der Waals surface area (Å²) >= 11 is 5.74. The van der Waals surface area contributed by atoms with E-state index in [1.54, 1.807) is 12.3 Å². The number of aryl methyl sites for hydroxylation is 1. The molecule has 0 radical (unpaired) electrons. The largest absolute Gasteiger partial charge is 0.398 e. The Hall–Kier alpha value is -1.54. The van der Waals surface area contributed by atoms with E-state index in [1.807, 2.05) is 25.1 Å². The maximum Gasteiger partial charge on any atom is 0.131 e. The third-order valence-corrected chi connectivity index (χ3v) is 2.44. The molecule has 15 heavy (non-hydrogen) atoms. The van der Waals surface area contributed by atoms with Crippen LogP contribution >= 0.6 is 11.6 Å². The number of nitrogen functional groups attached to an aromatic ring is 1. The number of nitrogens with two attached hydrogens (primary N) is 1. The summed E-state index contributed by atoms with van der Waals surface area (Å²) in [6.07, 6.45) is 1.70. The van der Waals surface area contributed by atoms with Crippen molar-refractivity contribution in [1.29, 1.82) is 0 Å². The Morgan fingerprint density at radius 3 is 2.73 bits per heavy atom. The predicted molar refractivity (Wildman–Crippen MR) is 63.8 cm³/mol. The molecule has 1 heterocycles. The lowest BCUT2D eigenvalue weighted by Gasteiger charge is -2.06. The van der Waals surface area contributed by atoms with Gasteiger partial charge in [0.1, 0.15) is 5.15 Å². The Morgan fingerprint density at radius 1 is 1.27 bits per heavy atom. The van der Waals surface area contributed by atoms with E-state index >= 15 is 0 Å². The van der Waals surface area contributed by atoms with Crippen LogP contribution in [0.1, 0.15) is 5.56 Å². The maximum atomic E-state index is 5.88. The summed E-state index contributed by atoms with van der Waals surface area (Å²) in [6.45, 7) is 2.04. The predicted octanol–water partition coefficient (Wildman–Crippen LogP) is 3.29. The highest BCUT2D eigenvalue weighted by Gasteiger charge is 2.03. The highest BCUT2D eigenvalue weighted by molar-refractivity contribution is 6.29. The van der Waals surface area contributed by atoms with Crippen molar-refractivity contribution in [3.05, 3.63) is 47.2 Å². The van der Waals surface area contributed by atoms with Gasteiger partial charge in [-0.2, -0.15) is 0 Å². The summed E-state index contributed by atoms with van der Waals surface area (Å²) in [4.78, 5) is 4.03. The minimum Gasteiger partial charge on any atom is -0.398 e. The Balaban J connectivity index is 2.54. The van der Waals surface area contributed by atoms with Crippen LogP contribution in [-0.2, 0) is 0 Å². The van der Waals surface area contributed by atoms with E-state index in [0.29, 0.717) is 10.8 Å². The molecule has 3 heteroatoms. The fraction of sp³-hybridized carbons (Fsp3) is 0.0833. The molecule has 1 aromatic carbocycles. The number of benzene rings is 1. The number of anilines is 1. The SMILES string of the molecule is Cc1cccc(-c2cnc(Cl)cc2N)c1. The molecular formula is C12H11ClN2. The lowest BCUT2D eigenvalue weighted by atomic mass is 10.0. The van der Waals surface area contributed by atoms with Crippen LogP contribution in [0.4, 0.5) is 5.69 Å². The molecular weight excluding hydrogens is 208 g/mol. The van der Waals surface area contributed by atoms with Crippen LogP contribution in [0, 0.1) is 6.92 Å². The first-order valence-corrected chi connectivity index (χ1v) is 5.02. The fourth-order valence-corrected chi connectivity index (χ4v) is 1.66. The average Bonchev–Trinajstić information content (AvgIpc) is 2.17. The van der Waals surface area contributed by atoms with E-state index in [4.69, 9.17) is 17.3 Å². The average molecular weight is 219 g/mol. The van der Waals surface area contributed by atoms with Gasteiger partial charge in [0.05, 0.1) is 0 Å². The Bertz CT molecular complexity index is 495. The highest BCUT2D eigenvalue weighted by atomic mass is 35.5. The number of nitrogens with zero attached hydrogens (tertiary/aromatic N) is 1. The van der Waals surface area contributed by atoms with E-state index in [1.165, 1.54) is 5.56 Å². The van der Waals surface area contributed by atoms with Crippen LogP contribution in [0.2, 0.25) is 5.15 Å². The highest BCUT2D eigenvalue weighted by Crippen LogP contribution is 2.27. The zero-order valence-electron chi connectivity index (χ0n) is 8.37. The number of pyridine rings is 1.